The zero-order chi connectivity index (χ0) is 23.8. The molecule has 180 valence electrons. The van der Waals surface area contributed by atoms with Crippen LogP contribution in [-0.2, 0) is 16.6 Å². The maximum atomic E-state index is 12.6. The lowest BCUT2D eigenvalue weighted by atomic mass is 9.55. The summed E-state index contributed by atoms with van der Waals surface area (Å²) in [4.78, 5) is 12.6. The van der Waals surface area contributed by atoms with E-state index in [1.165, 1.54) is 12.0 Å². The Morgan fingerprint density at radius 3 is 2.64 bits per heavy atom. The number of aliphatic hydroxyl groups is 1. The van der Waals surface area contributed by atoms with E-state index in [0.29, 0.717) is 47.2 Å². The highest BCUT2D eigenvalue weighted by molar-refractivity contribution is 6.33. The van der Waals surface area contributed by atoms with Gasteiger partial charge in [-0.3, -0.25) is 4.79 Å². The van der Waals surface area contributed by atoms with E-state index in [1.807, 2.05) is 25.1 Å². The molecule has 0 saturated heterocycles. The van der Waals surface area contributed by atoms with E-state index in [4.69, 9.17) is 16.1 Å². The summed E-state index contributed by atoms with van der Waals surface area (Å²) in [6.45, 7) is 8.99. The number of rotatable bonds is 9. The first-order chi connectivity index (χ1) is 15.6. The highest BCUT2D eigenvalue weighted by atomic mass is 35.5. The molecular formula is C27H37ClN2O3. The largest absolute Gasteiger partial charge is 0.396 e. The molecule has 0 spiro atoms. The van der Waals surface area contributed by atoms with Gasteiger partial charge >= 0.3 is 0 Å². The third-order valence-electron chi connectivity index (χ3n) is 7.11. The van der Waals surface area contributed by atoms with Crippen LogP contribution < -0.4 is 5.32 Å². The van der Waals surface area contributed by atoms with Gasteiger partial charge in [0.25, 0.3) is 0 Å². The van der Waals surface area contributed by atoms with Crippen molar-refractivity contribution in [1.82, 2.24) is 5.16 Å². The van der Waals surface area contributed by atoms with E-state index < -0.39 is 0 Å². The fraction of sp³-hybridized carbons (Fsp3) is 0.630. The van der Waals surface area contributed by atoms with Crippen LogP contribution in [0.4, 0.5) is 5.69 Å². The summed E-state index contributed by atoms with van der Waals surface area (Å²) in [7, 11) is 0. The number of aryl methyl sites for hydroxylation is 2. The minimum absolute atomic E-state index is 0.0778. The molecule has 33 heavy (non-hydrogen) atoms. The molecule has 6 heteroatoms. The van der Waals surface area contributed by atoms with Crippen molar-refractivity contribution in [3.63, 3.8) is 0 Å². The molecule has 2 aliphatic rings. The summed E-state index contributed by atoms with van der Waals surface area (Å²) in [5.41, 5.74) is 4.02. The first-order valence-corrected chi connectivity index (χ1v) is 12.6. The van der Waals surface area contributed by atoms with E-state index in [1.54, 1.807) is 0 Å². The molecule has 2 fully saturated rings. The SMILES string of the molecule is Cc1ccc(NC(=O)CCc2noc(C3(CCO)CC(CC(C)(C)C)C3)c2C2CC2)c(Cl)c1. The van der Waals surface area contributed by atoms with Crippen LogP contribution >= 0.6 is 11.6 Å². The van der Waals surface area contributed by atoms with Crippen molar-refractivity contribution < 1.29 is 14.4 Å². The summed E-state index contributed by atoms with van der Waals surface area (Å²) in [5.74, 6) is 2.04. The number of hydrogen-bond acceptors (Lipinski definition) is 4. The maximum Gasteiger partial charge on any atom is 0.224 e. The molecule has 2 aliphatic carbocycles. The molecule has 0 radical (unpaired) electrons. The number of amides is 1. The molecule has 0 unspecified atom stereocenters. The smallest absolute Gasteiger partial charge is 0.224 e. The van der Waals surface area contributed by atoms with Crippen LogP contribution in [0.3, 0.4) is 0 Å². The fourth-order valence-corrected chi connectivity index (χ4v) is 5.91. The van der Waals surface area contributed by atoms with Gasteiger partial charge in [-0.1, -0.05) is 43.6 Å². The van der Waals surface area contributed by atoms with Crippen LogP contribution in [0, 0.1) is 18.3 Å². The number of anilines is 1. The predicted molar refractivity (Wildman–Crippen MR) is 132 cm³/mol. The molecule has 0 bridgehead atoms. The number of benzene rings is 1. The molecule has 4 rings (SSSR count). The van der Waals surface area contributed by atoms with E-state index in [0.717, 1.165) is 42.7 Å². The minimum Gasteiger partial charge on any atom is -0.396 e. The lowest BCUT2D eigenvalue weighted by molar-refractivity contribution is -0.116. The Bertz CT molecular complexity index is 997. The Balaban J connectivity index is 1.46. The molecule has 1 aromatic carbocycles. The van der Waals surface area contributed by atoms with Crippen LogP contribution in [0.1, 0.15) is 94.2 Å². The van der Waals surface area contributed by atoms with Gasteiger partial charge in [-0.25, -0.2) is 0 Å². The van der Waals surface area contributed by atoms with E-state index in [-0.39, 0.29) is 17.9 Å². The average Bonchev–Trinajstić information content (AvgIpc) is 3.45. The maximum absolute atomic E-state index is 12.6. The molecule has 1 aromatic heterocycles. The Hall–Kier alpha value is -1.85. The second-order valence-corrected chi connectivity index (χ2v) is 11.9. The molecule has 1 heterocycles. The lowest BCUT2D eigenvalue weighted by Gasteiger charge is -2.48. The lowest BCUT2D eigenvalue weighted by Crippen LogP contribution is -2.43. The Morgan fingerprint density at radius 1 is 1.30 bits per heavy atom. The van der Waals surface area contributed by atoms with Gasteiger partial charge in [0.05, 0.1) is 16.4 Å². The standard InChI is InChI=1S/C27H37ClN2O3/c1-17-5-8-21(20(28)13-17)29-23(32)10-9-22-24(19-6-7-19)25(33-30-22)27(11-12-31)15-18(16-27)14-26(2,3)4/h5,8,13,18-19,31H,6-7,9-12,14-16H2,1-4H3,(H,29,32). The first-order valence-electron chi connectivity index (χ1n) is 12.3. The third kappa shape index (κ3) is 5.63. The van der Waals surface area contributed by atoms with Crippen molar-refractivity contribution in [3.05, 3.63) is 45.8 Å². The van der Waals surface area contributed by atoms with Gasteiger partial charge in [0.1, 0.15) is 5.76 Å². The predicted octanol–water partition coefficient (Wildman–Crippen LogP) is 6.55. The van der Waals surface area contributed by atoms with Crippen molar-refractivity contribution in [3.8, 4) is 0 Å². The van der Waals surface area contributed by atoms with Crippen molar-refractivity contribution in [2.45, 2.75) is 90.4 Å². The van der Waals surface area contributed by atoms with Gasteiger partial charge < -0.3 is 14.9 Å². The molecule has 0 aliphatic heterocycles. The number of halogens is 1. The van der Waals surface area contributed by atoms with Crippen LogP contribution in [0.2, 0.25) is 5.02 Å². The van der Waals surface area contributed by atoms with Gasteiger partial charge in [0, 0.05) is 30.4 Å². The van der Waals surface area contributed by atoms with Gasteiger partial charge in [0.2, 0.25) is 5.91 Å². The summed E-state index contributed by atoms with van der Waals surface area (Å²) < 4.78 is 6.00. The molecule has 2 aromatic rings. The molecule has 1 amide bonds. The zero-order valence-corrected chi connectivity index (χ0v) is 21.1. The van der Waals surface area contributed by atoms with E-state index in [9.17, 15) is 9.90 Å². The third-order valence-corrected chi connectivity index (χ3v) is 7.42. The van der Waals surface area contributed by atoms with Crippen LogP contribution in [0.5, 0.6) is 0 Å². The van der Waals surface area contributed by atoms with Crippen molar-refractivity contribution in [2.75, 3.05) is 11.9 Å². The highest BCUT2D eigenvalue weighted by Crippen LogP contribution is 2.57. The number of nitrogens with zero attached hydrogens (tertiary/aromatic N) is 1. The van der Waals surface area contributed by atoms with Crippen molar-refractivity contribution in [2.24, 2.45) is 11.3 Å². The fourth-order valence-electron chi connectivity index (χ4n) is 5.62. The minimum atomic E-state index is -0.106. The van der Waals surface area contributed by atoms with E-state index >= 15 is 0 Å². The van der Waals surface area contributed by atoms with Crippen molar-refractivity contribution >= 4 is 23.2 Å². The van der Waals surface area contributed by atoms with Crippen LogP contribution in [-0.4, -0.2) is 22.8 Å². The molecular weight excluding hydrogens is 436 g/mol. The van der Waals surface area contributed by atoms with Gasteiger partial charge in [-0.2, -0.15) is 0 Å². The van der Waals surface area contributed by atoms with Crippen LogP contribution in [0.15, 0.2) is 22.7 Å². The second-order valence-electron chi connectivity index (χ2n) is 11.5. The Kier molecular flexibility index (Phi) is 6.93. The topological polar surface area (TPSA) is 75.4 Å². The van der Waals surface area contributed by atoms with Crippen LogP contribution in [0.25, 0.3) is 0 Å². The molecule has 2 saturated carbocycles. The number of aliphatic hydroxyl groups excluding tert-OH is 1. The number of aromatic nitrogens is 1. The van der Waals surface area contributed by atoms with Crippen molar-refractivity contribution in [1.29, 1.82) is 0 Å². The second kappa shape index (κ2) is 9.42. The summed E-state index contributed by atoms with van der Waals surface area (Å²) in [5, 5.41) is 17.7. The summed E-state index contributed by atoms with van der Waals surface area (Å²) in [6.07, 6.45) is 7.16. The number of carbonyl (C=O) groups excluding carboxylic acids is 1. The number of nitrogens with one attached hydrogen (secondary N) is 1. The summed E-state index contributed by atoms with van der Waals surface area (Å²) >= 11 is 6.26. The summed E-state index contributed by atoms with van der Waals surface area (Å²) in [6, 6.07) is 5.61. The van der Waals surface area contributed by atoms with E-state index in [2.05, 4.69) is 31.2 Å². The quantitative estimate of drug-likeness (QED) is 0.433. The Labute approximate surface area is 202 Å². The van der Waals surface area contributed by atoms with Gasteiger partial charge in [-0.15, -0.1) is 0 Å². The number of carbonyl (C=O) groups is 1. The molecule has 5 nitrogen and oxygen atoms in total. The highest BCUT2D eigenvalue weighted by Gasteiger charge is 2.51. The normalized spacial score (nSPS) is 22.8. The van der Waals surface area contributed by atoms with Gasteiger partial charge in [0.15, 0.2) is 0 Å². The first kappa shape index (κ1) is 24.3. The Morgan fingerprint density at radius 2 is 2.03 bits per heavy atom. The van der Waals surface area contributed by atoms with Gasteiger partial charge in [-0.05, 0) is 80.4 Å². The zero-order valence-electron chi connectivity index (χ0n) is 20.3. The monoisotopic (exact) mass is 472 g/mol. The number of hydrogen-bond donors (Lipinski definition) is 2. The molecule has 0 atom stereocenters. The molecule has 2 N–H and O–H groups in total. The average molecular weight is 473 g/mol.